The molecule has 0 N–H and O–H groups in total. The van der Waals surface area contributed by atoms with Crippen molar-refractivity contribution in [2.24, 2.45) is 0 Å². The van der Waals surface area contributed by atoms with Crippen LogP contribution in [0.1, 0.15) is 30.2 Å². The van der Waals surface area contributed by atoms with Crippen LogP contribution in [-0.2, 0) is 25.1 Å². The number of rotatable bonds is 5. The van der Waals surface area contributed by atoms with Crippen molar-refractivity contribution in [3.63, 3.8) is 0 Å². The average Bonchev–Trinajstić information content (AvgIpc) is 3.39. The van der Waals surface area contributed by atoms with Crippen molar-refractivity contribution in [2.45, 2.75) is 43.6 Å². The molecule has 1 aliphatic rings. The first-order valence-electron chi connectivity index (χ1n) is 10.1. The van der Waals surface area contributed by atoms with Crippen LogP contribution in [0, 0.1) is 0 Å². The minimum absolute atomic E-state index is 0.687. The van der Waals surface area contributed by atoms with Gasteiger partial charge in [-0.2, -0.15) is 0 Å². The van der Waals surface area contributed by atoms with E-state index in [9.17, 15) is 0 Å². The molecule has 2 aromatic carbocycles. The molecular formula is C23H20Cl2N4S. The van der Waals surface area contributed by atoms with Gasteiger partial charge in [-0.15, -0.1) is 10.2 Å². The van der Waals surface area contributed by atoms with E-state index in [0.29, 0.717) is 15.8 Å². The number of nitrogens with zero attached hydrogens (tertiary/aromatic N) is 4. The summed E-state index contributed by atoms with van der Waals surface area (Å²) < 4.78 is 2.20. The van der Waals surface area contributed by atoms with E-state index < -0.39 is 0 Å². The van der Waals surface area contributed by atoms with Gasteiger partial charge in [0.1, 0.15) is 0 Å². The van der Waals surface area contributed by atoms with E-state index in [1.165, 1.54) is 16.8 Å². The van der Waals surface area contributed by atoms with Crippen molar-refractivity contribution >= 4 is 45.9 Å². The Balaban J connectivity index is 1.57. The van der Waals surface area contributed by atoms with Crippen LogP contribution in [0.5, 0.6) is 0 Å². The zero-order valence-corrected chi connectivity index (χ0v) is 18.9. The lowest BCUT2D eigenvalue weighted by Gasteiger charge is -2.14. The molecule has 0 amide bonds. The number of hydrogen-bond donors (Lipinski definition) is 0. The second-order valence-corrected chi connectivity index (χ2v) is 9.14. The molecule has 0 saturated carbocycles. The number of hydrogen-bond acceptors (Lipinski definition) is 4. The summed E-state index contributed by atoms with van der Waals surface area (Å²) in [5, 5.41) is 12.6. The Bertz CT molecular complexity index is 1250. The molecule has 4 nitrogen and oxygen atoms in total. The Morgan fingerprint density at radius 2 is 1.93 bits per heavy atom. The molecule has 30 heavy (non-hydrogen) atoms. The standard InChI is InChI=1S/C23H20Cl2N4S/c1-2-29-22(27-28-23(29)30-13-14-12-15(24)10-11-18(14)25)21-16-6-3-4-8-19(16)26-20-9-5-7-17(20)21/h3-4,6,8,10-12H,2,5,7,9,13H2,1H3. The third kappa shape index (κ3) is 3.49. The maximum Gasteiger partial charge on any atom is 0.191 e. The third-order valence-corrected chi connectivity index (χ3v) is 7.16. The van der Waals surface area contributed by atoms with Crippen LogP contribution in [0.2, 0.25) is 10.0 Å². The van der Waals surface area contributed by atoms with E-state index in [1.807, 2.05) is 18.2 Å². The van der Waals surface area contributed by atoms with Crippen molar-refractivity contribution in [2.75, 3.05) is 0 Å². The summed E-state index contributed by atoms with van der Waals surface area (Å²) >= 11 is 14.1. The van der Waals surface area contributed by atoms with Gasteiger partial charge in [-0.25, -0.2) is 0 Å². The number of pyridine rings is 1. The zero-order valence-electron chi connectivity index (χ0n) is 16.5. The van der Waals surface area contributed by atoms with E-state index in [0.717, 1.165) is 53.3 Å². The molecule has 1 aliphatic carbocycles. The highest BCUT2D eigenvalue weighted by atomic mass is 35.5. The average molecular weight is 455 g/mol. The van der Waals surface area contributed by atoms with Crippen molar-refractivity contribution < 1.29 is 0 Å². The highest BCUT2D eigenvalue weighted by Crippen LogP contribution is 2.38. The van der Waals surface area contributed by atoms with Crippen LogP contribution in [0.4, 0.5) is 0 Å². The number of aromatic nitrogens is 4. The number of thioether (sulfide) groups is 1. The normalized spacial score (nSPS) is 13.2. The summed E-state index contributed by atoms with van der Waals surface area (Å²) in [5.74, 6) is 1.61. The van der Waals surface area contributed by atoms with Crippen LogP contribution in [0.15, 0.2) is 47.6 Å². The molecule has 0 radical (unpaired) electrons. The molecule has 0 fully saturated rings. The van der Waals surface area contributed by atoms with Crippen LogP contribution >= 0.6 is 35.0 Å². The van der Waals surface area contributed by atoms with Crippen LogP contribution < -0.4 is 0 Å². The van der Waals surface area contributed by atoms with Crippen molar-refractivity contribution in [3.05, 3.63) is 69.3 Å². The third-order valence-electron chi connectivity index (χ3n) is 5.54. The fourth-order valence-electron chi connectivity index (χ4n) is 4.13. The Hall–Kier alpha value is -2.08. The number of fused-ring (bicyclic) bond motifs is 2. The molecule has 0 spiro atoms. The Morgan fingerprint density at radius 1 is 1.07 bits per heavy atom. The topological polar surface area (TPSA) is 43.6 Å². The molecule has 0 bridgehead atoms. The molecule has 4 aromatic rings. The van der Waals surface area contributed by atoms with Crippen molar-refractivity contribution in [1.29, 1.82) is 0 Å². The van der Waals surface area contributed by atoms with Gasteiger partial charge in [-0.05, 0) is 61.6 Å². The van der Waals surface area contributed by atoms with Gasteiger partial charge in [0.2, 0.25) is 0 Å². The Kier molecular flexibility index (Phi) is 5.44. The van der Waals surface area contributed by atoms with Gasteiger partial charge in [-0.3, -0.25) is 4.98 Å². The number of benzene rings is 2. The molecule has 0 unspecified atom stereocenters. The van der Waals surface area contributed by atoms with Crippen LogP contribution in [-0.4, -0.2) is 19.7 Å². The van der Waals surface area contributed by atoms with Gasteiger partial charge in [0.15, 0.2) is 11.0 Å². The maximum absolute atomic E-state index is 6.34. The first-order valence-corrected chi connectivity index (χ1v) is 11.8. The lowest BCUT2D eigenvalue weighted by Crippen LogP contribution is -2.03. The van der Waals surface area contributed by atoms with Gasteiger partial charge < -0.3 is 4.57 Å². The smallest absolute Gasteiger partial charge is 0.191 e. The Morgan fingerprint density at radius 3 is 2.80 bits per heavy atom. The summed E-state index contributed by atoms with van der Waals surface area (Å²) in [6.45, 7) is 2.92. The second kappa shape index (κ2) is 8.22. The van der Waals surface area contributed by atoms with Crippen molar-refractivity contribution in [3.8, 4) is 11.4 Å². The molecule has 0 aliphatic heterocycles. The SMILES string of the molecule is CCn1c(SCc2cc(Cl)ccc2Cl)nnc1-c1c2c(nc3ccccc13)CCC2. The minimum atomic E-state index is 0.687. The van der Waals surface area contributed by atoms with Gasteiger partial charge in [0.05, 0.1) is 5.52 Å². The molecule has 7 heteroatoms. The van der Waals surface area contributed by atoms with E-state index in [1.54, 1.807) is 17.8 Å². The first-order chi connectivity index (χ1) is 14.7. The minimum Gasteiger partial charge on any atom is -0.302 e. The van der Waals surface area contributed by atoms with Gasteiger partial charge in [-0.1, -0.05) is 53.2 Å². The zero-order chi connectivity index (χ0) is 20.7. The lowest BCUT2D eigenvalue weighted by molar-refractivity contribution is 0.687. The summed E-state index contributed by atoms with van der Waals surface area (Å²) in [6.07, 6.45) is 3.21. The van der Waals surface area contributed by atoms with E-state index in [4.69, 9.17) is 28.2 Å². The fourth-order valence-corrected chi connectivity index (χ4v) is 5.58. The lowest BCUT2D eigenvalue weighted by atomic mass is 10.0. The Labute approximate surface area is 189 Å². The van der Waals surface area contributed by atoms with E-state index in [-0.39, 0.29) is 0 Å². The van der Waals surface area contributed by atoms with Gasteiger partial charge >= 0.3 is 0 Å². The molecule has 5 rings (SSSR count). The first kappa shape index (κ1) is 19.9. The van der Waals surface area contributed by atoms with Crippen molar-refractivity contribution in [1.82, 2.24) is 19.7 Å². The highest BCUT2D eigenvalue weighted by Gasteiger charge is 2.24. The summed E-state index contributed by atoms with van der Waals surface area (Å²) in [7, 11) is 0. The summed E-state index contributed by atoms with van der Waals surface area (Å²) in [5.41, 5.74) is 5.74. The predicted molar refractivity (Wildman–Crippen MR) is 124 cm³/mol. The number of para-hydroxylation sites is 1. The number of halogens is 2. The maximum atomic E-state index is 6.34. The predicted octanol–water partition coefficient (Wildman–Crippen LogP) is 6.60. The molecule has 2 heterocycles. The van der Waals surface area contributed by atoms with E-state index in [2.05, 4.69) is 39.9 Å². The highest BCUT2D eigenvalue weighted by molar-refractivity contribution is 7.98. The largest absolute Gasteiger partial charge is 0.302 e. The molecule has 152 valence electrons. The van der Waals surface area contributed by atoms with Crippen LogP contribution in [0.3, 0.4) is 0 Å². The fraction of sp³-hybridized carbons (Fsp3) is 0.261. The van der Waals surface area contributed by atoms with E-state index >= 15 is 0 Å². The summed E-state index contributed by atoms with van der Waals surface area (Å²) in [4.78, 5) is 4.91. The monoisotopic (exact) mass is 454 g/mol. The second-order valence-electron chi connectivity index (χ2n) is 7.36. The van der Waals surface area contributed by atoms with Gasteiger partial charge in [0, 0.05) is 39.0 Å². The quantitative estimate of drug-likeness (QED) is 0.318. The summed E-state index contributed by atoms with van der Waals surface area (Å²) in [6, 6.07) is 13.9. The van der Waals surface area contributed by atoms with Crippen LogP contribution in [0.25, 0.3) is 22.3 Å². The molecule has 0 saturated heterocycles. The molecular weight excluding hydrogens is 435 g/mol. The number of aryl methyl sites for hydroxylation is 1. The molecule has 2 aromatic heterocycles. The molecule has 0 atom stereocenters. The van der Waals surface area contributed by atoms with Gasteiger partial charge in [0.25, 0.3) is 0 Å².